The molecule has 4 nitrogen and oxygen atoms in total. The zero-order chi connectivity index (χ0) is 13.9. The maximum absolute atomic E-state index is 12.1. The number of rotatable bonds is 3. The van der Waals surface area contributed by atoms with Gasteiger partial charge in [-0.3, -0.25) is 10.1 Å². The largest absolute Gasteiger partial charge is 0.573 e. The average Bonchev–Trinajstić information content (AvgIpc) is 2.80. The maximum Gasteiger partial charge on any atom is 0.573 e. The van der Waals surface area contributed by atoms with Gasteiger partial charge in [-0.25, -0.2) is 0 Å². The highest BCUT2D eigenvalue weighted by atomic mass is 19.4. The smallest absolute Gasteiger partial charge is 0.406 e. The van der Waals surface area contributed by atoms with Crippen molar-refractivity contribution >= 4 is 11.6 Å². The molecule has 0 unspecified atom stereocenters. The third-order valence-electron chi connectivity index (χ3n) is 2.40. The van der Waals surface area contributed by atoms with Crippen LogP contribution in [0, 0.1) is 0 Å². The molecule has 1 aromatic carbocycles. The van der Waals surface area contributed by atoms with E-state index in [0.29, 0.717) is 6.54 Å². The molecule has 1 amide bonds. The summed E-state index contributed by atoms with van der Waals surface area (Å²) in [5.41, 5.74) is 0.244. The van der Waals surface area contributed by atoms with Crippen LogP contribution in [-0.4, -0.2) is 24.9 Å². The Morgan fingerprint density at radius 2 is 2.21 bits per heavy atom. The molecule has 1 heterocycles. The van der Waals surface area contributed by atoms with Gasteiger partial charge in [-0.15, -0.1) is 13.2 Å². The molecule has 0 aromatic heterocycles. The van der Waals surface area contributed by atoms with Crippen LogP contribution in [0.1, 0.15) is 0 Å². The molecule has 0 spiro atoms. The fourth-order valence-electron chi connectivity index (χ4n) is 1.64. The minimum Gasteiger partial charge on any atom is -0.406 e. The number of amides is 1. The molecular weight excluding hydrogens is 261 g/mol. The van der Waals surface area contributed by atoms with E-state index in [9.17, 15) is 18.0 Å². The van der Waals surface area contributed by atoms with E-state index in [0.717, 1.165) is 12.1 Å². The van der Waals surface area contributed by atoms with Gasteiger partial charge in [0.05, 0.1) is 0 Å². The number of hydrogen-bond donors (Lipinski definition) is 2. The first-order valence-electron chi connectivity index (χ1n) is 5.51. The molecule has 1 aromatic rings. The summed E-state index contributed by atoms with van der Waals surface area (Å²) in [5.74, 6) is -0.710. The highest BCUT2D eigenvalue weighted by Crippen LogP contribution is 2.25. The summed E-state index contributed by atoms with van der Waals surface area (Å²) < 4.78 is 39.9. The van der Waals surface area contributed by atoms with Crippen LogP contribution in [0.3, 0.4) is 0 Å². The van der Waals surface area contributed by atoms with Crippen LogP contribution >= 0.6 is 0 Å². The fourth-order valence-corrected chi connectivity index (χ4v) is 1.64. The number of hydrogen-bond acceptors (Lipinski definition) is 3. The van der Waals surface area contributed by atoms with Crippen LogP contribution in [0.25, 0.3) is 0 Å². The van der Waals surface area contributed by atoms with Crippen molar-refractivity contribution in [2.24, 2.45) is 0 Å². The lowest BCUT2D eigenvalue weighted by Crippen LogP contribution is -2.35. The third-order valence-corrected chi connectivity index (χ3v) is 2.40. The summed E-state index contributed by atoms with van der Waals surface area (Å²) in [6.07, 6.45) is -1.27. The number of carbonyl (C=O) groups is 1. The molecule has 7 heteroatoms. The first-order chi connectivity index (χ1) is 8.94. The van der Waals surface area contributed by atoms with Gasteiger partial charge in [0, 0.05) is 18.3 Å². The summed E-state index contributed by atoms with van der Waals surface area (Å²) in [6.45, 7) is 0.593. The molecule has 0 saturated heterocycles. The van der Waals surface area contributed by atoms with E-state index in [1.165, 1.54) is 12.1 Å². The fraction of sp³-hybridized carbons (Fsp3) is 0.250. The zero-order valence-electron chi connectivity index (χ0n) is 9.70. The summed E-state index contributed by atoms with van der Waals surface area (Å²) in [5, 5.41) is 5.41. The van der Waals surface area contributed by atoms with Crippen molar-refractivity contribution in [3.8, 4) is 5.75 Å². The molecule has 1 aliphatic heterocycles. The van der Waals surface area contributed by atoms with Crippen molar-refractivity contribution in [2.75, 3.05) is 11.9 Å². The minimum absolute atomic E-state index is 0.244. The normalized spacial score (nSPS) is 18.4. The molecule has 0 saturated carbocycles. The Kier molecular flexibility index (Phi) is 3.75. The lowest BCUT2D eigenvalue weighted by Gasteiger charge is -2.12. The molecule has 0 bridgehead atoms. The molecule has 2 N–H and O–H groups in total. The Balaban J connectivity index is 2.02. The standard InChI is InChI=1S/C12H11F3N2O2/c13-12(14,15)19-9-4-1-3-8(7-9)17-11(18)10-5-2-6-16-10/h1-5,7,10,16H,6H2,(H,17,18)/t10-/m0/s1. The maximum atomic E-state index is 12.1. The van der Waals surface area contributed by atoms with Gasteiger partial charge in [0.15, 0.2) is 0 Å². The Hall–Kier alpha value is -2.02. The summed E-state index contributed by atoms with van der Waals surface area (Å²) >= 11 is 0. The van der Waals surface area contributed by atoms with E-state index in [2.05, 4.69) is 15.4 Å². The van der Waals surface area contributed by atoms with Gasteiger partial charge in [-0.1, -0.05) is 18.2 Å². The number of ether oxygens (including phenoxy) is 1. The number of carbonyl (C=O) groups excluding carboxylic acids is 1. The molecule has 0 radical (unpaired) electrons. The lowest BCUT2D eigenvalue weighted by molar-refractivity contribution is -0.274. The summed E-state index contributed by atoms with van der Waals surface area (Å²) in [4.78, 5) is 11.7. The second-order valence-corrected chi connectivity index (χ2v) is 3.88. The van der Waals surface area contributed by atoms with Crippen molar-refractivity contribution < 1.29 is 22.7 Å². The Morgan fingerprint density at radius 1 is 1.42 bits per heavy atom. The third kappa shape index (κ3) is 3.99. The summed E-state index contributed by atoms with van der Waals surface area (Å²) in [6, 6.07) is 4.67. The molecule has 0 aliphatic carbocycles. The van der Waals surface area contributed by atoms with Crippen LogP contribution in [-0.2, 0) is 4.79 Å². The van der Waals surface area contributed by atoms with E-state index in [1.54, 1.807) is 12.2 Å². The number of halogens is 3. The second-order valence-electron chi connectivity index (χ2n) is 3.88. The minimum atomic E-state index is -4.75. The Labute approximate surface area is 107 Å². The molecule has 2 rings (SSSR count). The Morgan fingerprint density at radius 3 is 2.84 bits per heavy atom. The number of alkyl halides is 3. The van der Waals surface area contributed by atoms with Crippen LogP contribution in [0.15, 0.2) is 36.4 Å². The first kappa shape index (κ1) is 13.4. The van der Waals surface area contributed by atoms with Gasteiger partial charge >= 0.3 is 6.36 Å². The van der Waals surface area contributed by atoms with E-state index >= 15 is 0 Å². The Bertz CT molecular complexity index is 500. The quantitative estimate of drug-likeness (QED) is 0.828. The lowest BCUT2D eigenvalue weighted by atomic mass is 10.2. The van der Waals surface area contributed by atoms with Crippen LogP contribution in [0.5, 0.6) is 5.75 Å². The second kappa shape index (κ2) is 5.31. The van der Waals surface area contributed by atoms with E-state index < -0.39 is 12.4 Å². The molecular formula is C12H11F3N2O2. The summed E-state index contributed by atoms with van der Waals surface area (Å²) in [7, 11) is 0. The predicted octanol–water partition coefficient (Wildman–Crippen LogP) is 2.05. The SMILES string of the molecule is O=C(Nc1cccc(OC(F)(F)F)c1)[C@@H]1C=CCN1. The van der Waals surface area contributed by atoms with Crippen molar-refractivity contribution in [2.45, 2.75) is 12.4 Å². The van der Waals surface area contributed by atoms with Crippen molar-refractivity contribution in [3.05, 3.63) is 36.4 Å². The van der Waals surface area contributed by atoms with E-state index in [4.69, 9.17) is 0 Å². The van der Waals surface area contributed by atoms with Crippen LogP contribution in [0.4, 0.5) is 18.9 Å². The van der Waals surface area contributed by atoms with Crippen molar-refractivity contribution in [1.29, 1.82) is 0 Å². The van der Waals surface area contributed by atoms with Gasteiger partial charge in [-0.05, 0) is 12.1 Å². The number of benzene rings is 1. The molecule has 102 valence electrons. The van der Waals surface area contributed by atoms with Gasteiger partial charge in [0.2, 0.25) is 5.91 Å². The number of nitrogens with one attached hydrogen (secondary N) is 2. The van der Waals surface area contributed by atoms with Crippen LogP contribution in [0.2, 0.25) is 0 Å². The predicted molar refractivity (Wildman–Crippen MR) is 62.7 cm³/mol. The van der Waals surface area contributed by atoms with Gasteiger partial charge in [0.1, 0.15) is 11.8 Å². The molecule has 1 aliphatic rings. The van der Waals surface area contributed by atoms with Gasteiger partial charge in [-0.2, -0.15) is 0 Å². The zero-order valence-corrected chi connectivity index (χ0v) is 9.70. The highest BCUT2D eigenvalue weighted by molar-refractivity contribution is 5.96. The number of anilines is 1. The molecule has 0 fully saturated rings. The van der Waals surface area contributed by atoms with Crippen molar-refractivity contribution in [1.82, 2.24) is 5.32 Å². The molecule has 19 heavy (non-hydrogen) atoms. The first-order valence-corrected chi connectivity index (χ1v) is 5.51. The van der Waals surface area contributed by atoms with E-state index in [-0.39, 0.29) is 17.3 Å². The topological polar surface area (TPSA) is 50.4 Å². The van der Waals surface area contributed by atoms with Crippen LogP contribution < -0.4 is 15.4 Å². The molecule has 1 atom stereocenters. The monoisotopic (exact) mass is 272 g/mol. The average molecular weight is 272 g/mol. The van der Waals surface area contributed by atoms with E-state index in [1.807, 2.05) is 0 Å². The highest BCUT2D eigenvalue weighted by Gasteiger charge is 2.31. The van der Waals surface area contributed by atoms with Gasteiger partial charge in [0.25, 0.3) is 0 Å². The van der Waals surface area contributed by atoms with Gasteiger partial charge < -0.3 is 10.1 Å². The van der Waals surface area contributed by atoms with Crippen molar-refractivity contribution in [3.63, 3.8) is 0 Å².